The lowest BCUT2D eigenvalue weighted by atomic mass is 9.99. The largest absolute Gasteiger partial charge is 0.206 e. The minimum absolute atomic E-state index is 0.215. The van der Waals surface area contributed by atoms with Crippen LogP contribution in [-0.4, -0.2) is 5.88 Å². The fraction of sp³-hybridized carbons (Fsp3) is 0.455. The summed E-state index contributed by atoms with van der Waals surface area (Å²) in [5.41, 5.74) is 1.13. The van der Waals surface area contributed by atoms with Crippen LogP contribution in [0.1, 0.15) is 18.9 Å². The summed E-state index contributed by atoms with van der Waals surface area (Å²) < 4.78 is 13.5. The minimum Gasteiger partial charge on any atom is -0.206 e. The van der Waals surface area contributed by atoms with Crippen molar-refractivity contribution < 1.29 is 4.39 Å². The molecule has 1 aromatic carbocycles. The number of hydrogen-bond acceptors (Lipinski definition) is 0. The van der Waals surface area contributed by atoms with E-state index >= 15 is 0 Å². The van der Waals surface area contributed by atoms with Gasteiger partial charge in [-0.25, -0.2) is 4.39 Å². The fourth-order valence-electron chi connectivity index (χ4n) is 1.31. The third kappa shape index (κ3) is 3.25. The van der Waals surface area contributed by atoms with Gasteiger partial charge in [-0.15, -0.1) is 11.6 Å². The molecule has 1 atom stereocenters. The normalized spacial score (nSPS) is 12.9. The zero-order valence-corrected chi connectivity index (χ0v) is 10.4. The Labute approximate surface area is 97.6 Å². The van der Waals surface area contributed by atoms with Crippen LogP contribution in [0.3, 0.4) is 0 Å². The first-order valence-corrected chi connectivity index (χ1v) is 6.00. The van der Waals surface area contributed by atoms with Crippen molar-refractivity contribution in [3.05, 3.63) is 34.1 Å². The highest BCUT2D eigenvalue weighted by Gasteiger charge is 2.07. The Morgan fingerprint density at radius 3 is 2.71 bits per heavy atom. The summed E-state index contributed by atoms with van der Waals surface area (Å²) in [5.74, 6) is 0.924. The van der Waals surface area contributed by atoms with Crippen LogP contribution in [0.4, 0.5) is 4.39 Å². The van der Waals surface area contributed by atoms with Crippen molar-refractivity contribution >= 4 is 27.5 Å². The molecule has 0 aromatic heterocycles. The molecule has 0 aliphatic heterocycles. The molecule has 0 saturated carbocycles. The van der Waals surface area contributed by atoms with Gasteiger partial charge in [0.1, 0.15) is 5.82 Å². The van der Waals surface area contributed by atoms with E-state index < -0.39 is 0 Å². The van der Waals surface area contributed by atoms with Crippen LogP contribution in [0, 0.1) is 11.7 Å². The van der Waals surface area contributed by atoms with E-state index in [9.17, 15) is 4.39 Å². The van der Waals surface area contributed by atoms with Crippen molar-refractivity contribution in [2.45, 2.75) is 19.8 Å². The molecule has 1 aromatic rings. The van der Waals surface area contributed by atoms with Crippen LogP contribution in [-0.2, 0) is 6.42 Å². The van der Waals surface area contributed by atoms with E-state index in [-0.39, 0.29) is 5.82 Å². The Bertz CT molecular complexity index is 297. The van der Waals surface area contributed by atoms with Gasteiger partial charge in [0.15, 0.2) is 0 Å². The maximum absolute atomic E-state index is 12.9. The predicted octanol–water partition coefficient (Wildman–Crippen LogP) is 4.40. The third-order valence-corrected chi connectivity index (χ3v) is 3.35. The van der Waals surface area contributed by atoms with Gasteiger partial charge in [-0.2, -0.15) is 0 Å². The second-order valence-electron chi connectivity index (χ2n) is 3.38. The van der Waals surface area contributed by atoms with Gasteiger partial charge in [0.05, 0.1) is 4.47 Å². The quantitative estimate of drug-likeness (QED) is 0.717. The van der Waals surface area contributed by atoms with E-state index in [0.29, 0.717) is 16.3 Å². The van der Waals surface area contributed by atoms with Crippen molar-refractivity contribution in [2.75, 3.05) is 5.88 Å². The maximum atomic E-state index is 12.9. The Hall–Kier alpha value is -0.0800. The lowest BCUT2D eigenvalue weighted by molar-refractivity contribution is 0.564. The van der Waals surface area contributed by atoms with Gasteiger partial charge in [0.2, 0.25) is 0 Å². The number of alkyl halides is 1. The lowest BCUT2D eigenvalue weighted by Crippen LogP contribution is -2.04. The molecule has 14 heavy (non-hydrogen) atoms. The Morgan fingerprint density at radius 1 is 1.50 bits per heavy atom. The topological polar surface area (TPSA) is 0 Å². The van der Waals surface area contributed by atoms with Gasteiger partial charge < -0.3 is 0 Å². The molecule has 78 valence electrons. The van der Waals surface area contributed by atoms with Crippen molar-refractivity contribution in [1.82, 2.24) is 0 Å². The van der Waals surface area contributed by atoms with Crippen LogP contribution in [0.25, 0.3) is 0 Å². The highest BCUT2D eigenvalue weighted by Crippen LogP contribution is 2.20. The molecule has 1 rings (SSSR count). The molecular weight excluding hydrogens is 266 g/mol. The molecule has 0 bridgehead atoms. The van der Waals surface area contributed by atoms with E-state index in [4.69, 9.17) is 11.6 Å². The van der Waals surface area contributed by atoms with Crippen LogP contribution >= 0.6 is 27.5 Å². The number of benzene rings is 1. The van der Waals surface area contributed by atoms with Crippen LogP contribution in [0.15, 0.2) is 22.7 Å². The monoisotopic (exact) mass is 278 g/mol. The molecule has 0 spiro atoms. The summed E-state index contributed by atoms with van der Waals surface area (Å²) >= 11 is 8.97. The molecule has 0 aliphatic rings. The zero-order valence-electron chi connectivity index (χ0n) is 8.06. The van der Waals surface area contributed by atoms with Gasteiger partial charge in [0.25, 0.3) is 0 Å². The van der Waals surface area contributed by atoms with E-state index in [1.54, 1.807) is 0 Å². The first-order valence-electron chi connectivity index (χ1n) is 4.67. The smallest absolute Gasteiger partial charge is 0.137 e. The van der Waals surface area contributed by atoms with E-state index in [1.807, 2.05) is 12.1 Å². The summed E-state index contributed by atoms with van der Waals surface area (Å²) in [7, 11) is 0. The zero-order chi connectivity index (χ0) is 10.6. The van der Waals surface area contributed by atoms with Crippen molar-refractivity contribution in [3.8, 4) is 0 Å². The number of halogens is 3. The number of hydrogen-bond donors (Lipinski definition) is 0. The lowest BCUT2D eigenvalue weighted by Gasteiger charge is -2.11. The predicted molar refractivity (Wildman–Crippen MR) is 62.3 cm³/mol. The van der Waals surface area contributed by atoms with Crippen LogP contribution in [0.2, 0.25) is 0 Å². The fourth-order valence-corrected chi connectivity index (χ4v) is 2.06. The van der Waals surface area contributed by atoms with Gasteiger partial charge >= 0.3 is 0 Å². The van der Waals surface area contributed by atoms with Crippen LogP contribution < -0.4 is 0 Å². The van der Waals surface area contributed by atoms with Gasteiger partial charge in [0, 0.05) is 5.88 Å². The second-order valence-corrected chi connectivity index (χ2v) is 4.54. The molecular formula is C11H13BrClF. The Kier molecular flexibility index (Phi) is 4.90. The van der Waals surface area contributed by atoms with E-state index in [2.05, 4.69) is 22.9 Å². The SMILES string of the molecule is CCC(CCl)Cc1ccc(F)c(Br)c1. The third-order valence-electron chi connectivity index (χ3n) is 2.30. The first-order chi connectivity index (χ1) is 6.67. The first kappa shape index (κ1) is 12.0. The summed E-state index contributed by atoms with van der Waals surface area (Å²) in [6, 6.07) is 5.13. The molecule has 0 amide bonds. The average molecular weight is 280 g/mol. The summed E-state index contributed by atoms with van der Waals surface area (Å²) in [5, 5.41) is 0. The molecule has 0 nitrogen and oxygen atoms in total. The average Bonchev–Trinajstić information content (AvgIpc) is 2.19. The number of rotatable bonds is 4. The van der Waals surface area contributed by atoms with E-state index in [1.165, 1.54) is 6.07 Å². The van der Waals surface area contributed by atoms with Gasteiger partial charge in [-0.1, -0.05) is 19.4 Å². The standard InChI is InChI=1S/C11H13BrClF/c1-2-8(7-13)5-9-3-4-11(14)10(12)6-9/h3-4,6,8H,2,5,7H2,1H3. The van der Waals surface area contributed by atoms with E-state index in [0.717, 1.165) is 18.4 Å². The van der Waals surface area contributed by atoms with Crippen molar-refractivity contribution in [2.24, 2.45) is 5.92 Å². The summed E-state index contributed by atoms with van der Waals surface area (Å²) in [6.07, 6.45) is 1.97. The Balaban J connectivity index is 2.72. The molecule has 1 unspecified atom stereocenters. The molecule has 3 heteroatoms. The molecule has 0 heterocycles. The molecule has 0 N–H and O–H groups in total. The van der Waals surface area contributed by atoms with Crippen LogP contribution in [0.5, 0.6) is 0 Å². The summed E-state index contributed by atoms with van der Waals surface area (Å²) in [4.78, 5) is 0. The highest BCUT2D eigenvalue weighted by molar-refractivity contribution is 9.10. The van der Waals surface area contributed by atoms with Crippen molar-refractivity contribution in [3.63, 3.8) is 0 Å². The highest BCUT2D eigenvalue weighted by atomic mass is 79.9. The summed E-state index contributed by atoms with van der Waals surface area (Å²) in [6.45, 7) is 2.12. The molecule has 0 saturated heterocycles. The molecule has 0 fully saturated rings. The van der Waals surface area contributed by atoms with Gasteiger partial charge in [-0.3, -0.25) is 0 Å². The molecule has 0 aliphatic carbocycles. The molecule has 0 radical (unpaired) electrons. The maximum Gasteiger partial charge on any atom is 0.137 e. The van der Waals surface area contributed by atoms with Gasteiger partial charge in [-0.05, 0) is 46.0 Å². The Morgan fingerprint density at radius 2 is 2.21 bits per heavy atom. The second kappa shape index (κ2) is 5.72. The minimum atomic E-state index is -0.215. The van der Waals surface area contributed by atoms with Crippen molar-refractivity contribution in [1.29, 1.82) is 0 Å².